The van der Waals surface area contributed by atoms with E-state index >= 15 is 0 Å². The highest BCUT2D eigenvalue weighted by Crippen LogP contribution is 2.26. The average molecular weight is 446 g/mol. The first-order valence-electron chi connectivity index (χ1n) is 9.73. The van der Waals surface area contributed by atoms with Crippen molar-refractivity contribution in [3.63, 3.8) is 0 Å². The van der Waals surface area contributed by atoms with Crippen molar-refractivity contribution >= 4 is 16.0 Å². The lowest BCUT2D eigenvalue weighted by Crippen LogP contribution is -2.51. The van der Waals surface area contributed by atoms with E-state index in [-0.39, 0.29) is 31.0 Å². The first-order valence-corrected chi connectivity index (χ1v) is 11.4. The van der Waals surface area contributed by atoms with Crippen molar-refractivity contribution in [2.75, 3.05) is 18.8 Å². The van der Waals surface area contributed by atoms with Crippen LogP contribution in [0.4, 0.5) is 9.18 Å². The molecule has 2 aromatic rings. The van der Waals surface area contributed by atoms with Crippen LogP contribution in [0.1, 0.15) is 18.1 Å². The third-order valence-electron chi connectivity index (χ3n) is 4.41. The molecule has 0 bridgehead atoms. The smallest absolute Gasteiger partial charge is 0.408 e. The maximum atomic E-state index is 14.7. The molecule has 6 nitrogen and oxygen atoms in total. The predicted molar refractivity (Wildman–Crippen MR) is 122 cm³/mol. The molecule has 2 rings (SSSR count). The Balaban J connectivity index is 2.33. The van der Waals surface area contributed by atoms with Crippen LogP contribution in [0.5, 0.6) is 0 Å². The highest BCUT2D eigenvalue weighted by Gasteiger charge is 2.36. The molecule has 2 aromatic carbocycles. The van der Waals surface area contributed by atoms with Crippen LogP contribution in [0.15, 0.2) is 84.3 Å². The number of nitrogens with one attached hydrogen (secondary N) is 2. The number of ether oxygens (including phenoxy) is 1. The Kier molecular flexibility index (Phi) is 8.96. The molecule has 1 amide bonds. The fourth-order valence-corrected chi connectivity index (χ4v) is 4.99. The molecular formula is C23H28FN3O3S. The Morgan fingerprint density at radius 3 is 2.48 bits per heavy atom. The van der Waals surface area contributed by atoms with E-state index in [0.717, 1.165) is 5.56 Å². The van der Waals surface area contributed by atoms with Crippen LogP contribution in [-0.2, 0) is 26.8 Å². The van der Waals surface area contributed by atoms with Gasteiger partial charge in [0.25, 0.3) is 0 Å². The van der Waals surface area contributed by atoms with Gasteiger partial charge in [0.05, 0.1) is 17.8 Å². The van der Waals surface area contributed by atoms with E-state index in [1.165, 1.54) is 18.2 Å². The average Bonchev–Trinajstić information content (AvgIpc) is 2.76. The van der Waals surface area contributed by atoms with Crippen molar-refractivity contribution in [1.82, 2.24) is 10.0 Å². The van der Waals surface area contributed by atoms with Gasteiger partial charge in [0.2, 0.25) is 0 Å². The largest absolute Gasteiger partial charge is 0.445 e. The summed E-state index contributed by atoms with van der Waals surface area (Å²) in [4.78, 5) is 12.6. The van der Waals surface area contributed by atoms with E-state index in [0.29, 0.717) is 0 Å². The predicted octanol–water partition coefficient (Wildman–Crippen LogP) is 4.31. The monoisotopic (exact) mass is 445 g/mol. The molecule has 8 heteroatoms. The van der Waals surface area contributed by atoms with Crippen LogP contribution < -0.4 is 10.0 Å². The van der Waals surface area contributed by atoms with E-state index in [1.807, 2.05) is 30.3 Å². The van der Waals surface area contributed by atoms with Crippen molar-refractivity contribution in [1.29, 1.82) is 0 Å². The quantitative estimate of drug-likeness (QED) is 0.506. The van der Waals surface area contributed by atoms with Crippen LogP contribution in [0.2, 0.25) is 0 Å². The SMILES string of the molecule is C=CCN=S(=O)(CC(C)(NC(=O)OCc1ccccc1)c1ccccc1F)NCC=C. The van der Waals surface area contributed by atoms with E-state index in [2.05, 4.69) is 27.6 Å². The molecule has 0 saturated heterocycles. The second-order valence-corrected chi connectivity index (χ2v) is 9.14. The van der Waals surface area contributed by atoms with Crippen molar-refractivity contribution in [2.45, 2.75) is 19.1 Å². The first-order chi connectivity index (χ1) is 14.8. The van der Waals surface area contributed by atoms with Gasteiger partial charge in [-0.25, -0.2) is 22.5 Å². The summed E-state index contributed by atoms with van der Waals surface area (Å²) >= 11 is 0. The fraction of sp³-hybridized carbons (Fsp3) is 0.261. The third-order valence-corrected chi connectivity index (χ3v) is 6.56. The fourth-order valence-electron chi connectivity index (χ4n) is 2.97. The van der Waals surface area contributed by atoms with Gasteiger partial charge >= 0.3 is 6.09 Å². The molecule has 0 fully saturated rings. The lowest BCUT2D eigenvalue weighted by molar-refractivity contribution is 0.129. The van der Waals surface area contributed by atoms with Crippen molar-refractivity contribution < 1.29 is 18.1 Å². The molecule has 0 aliphatic carbocycles. The van der Waals surface area contributed by atoms with Crippen molar-refractivity contribution in [3.8, 4) is 0 Å². The number of amides is 1. The topological polar surface area (TPSA) is 79.8 Å². The number of halogens is 1. The minimum Gasteiger partial charge on any atom is -0.445 e. The van der Waals surface area contributed by atoms with Crippen molar-refractivity contribution in [2.24, 2.45) is 4.36 Å². The zero-order valence-electron chi connectivity index (χ0n) is 17.6. The van der Waals surface area contributed by atoms with Gasteiger partial charge in [-0.1, -0.05) is 60.7 Å². The molecule has 2 unspecified atom stereocenters. The molecular weight excluding hydrogens is 417 g/mol. The van der Waals surface area contributed by atoms with E-state index < -0.39 is 27.4 Å². The zero-order valence-corrected chi connectivity index (χ0v) is 18.4. The minimum absolute atomic E-state index is 0.0466. The molecule has 0 aliphatic heterocycles. The Labute approximate surface area is 183 Å². The Bertz CT molecular complexity index is 1020. The molecule has 0 aromatic heterocycles. The summed E-state index contributed by atoms with van der Waals surface area (Å²) in [5.41, 5.74) is -0.383. The molecule has 0 saturated carbocycles. The van der Waals surface area contributed by atoms with E-state index in [1.54, 1.807) is 25.1 Å². The number of alkyl carbamates (subject to hydrolysis) is 1. The van der Waals surface area contributed by atoms with Crippen molar-refractivity contribution in [3.05, 3.63) is 96.9 Å². The second kappa shape index (κ2) is 11.4. The summed E-state index contributed by atoms with van der Waals surface area (Å²) < 4.78 is 40.5. The van der Waals surface area contributed by atoms with Gasteiger partial charge in [-0.15, -0.1) is 13.2 Å². The summed E-state index contributed by atoms with van der Waals surface area (Å²) in [5, 5.41) is 2.70. The minimum atomic E-state index is -3.05. The van der Waals surface area contributed by atoms with Gasteiger partial charge in [0.1, 0.15) is 22.3 Å². The lowest BCUT2D eigenvalue weighted by atomic mass is 9.94. The highest BCUT2D eigenvalue weighted by molar-refractivity contribution is 7.91. The van der Waals surface area contributed by atoms with E-state index in [9.17, 15) is 13.4 Å². The summed E-state index contributed by atoms with van der Waals surface area (Å²) in [5.74, 6) is -0.731. The second-order valence-electron chi connectivity index (χ2n) is 7.02. The van der Waals surface area contributed by atoms with Crippen LogP contribution in [0.3, 0.4) is 0 Å². The van der Waals surface area contributed by atoms with Gasteiger partial charge in [-0.2, -0.15) is 0 Å². The molecule has 0 spiro atoms. The van der Waals surface area contributed by atoms with Gasteiger partial charge in [-0.3, -0.25) is 0 Å². The van der Waals surface area contributed by atoms with Crippen LogP contribution in [0.25, 0.3) is 0 Å². The Hall–Kier alpha value is -2.97. The van der Waals surface area contributed by atoms with Crippen LogP contribution in [-0.4, -0.2) is 29.1 Å². The summed E-state index contributed by atoms with van der Waals surface area (Å²) in [7, 11) is -3.05. The molecule has 0 aliphatic rings. The lowest BCUT2D eigenvalue weighted by Gasteiger charge is -2.32. The first kappa shape index (κ1) is 24.3. The number of hydrogen-bond acceptors (Lipinski definition) is 4. The number of carbonyl (C=O) groups is 1. The molecule has 0 radical (unpaired) electrons. The molecule has 2 atom stereocenters. The normalized spacial score (nSPS) is 14.5. The summed E-state index contributed by atoms with van der Waals surface area (Å²) in [6.45, 7) is 9.21. The molecule has 31 heavy (non-hydrogen) atoms. The Morgan fingerprint density at radius 2 is 1.84 bits per heavy atom. The summed E-state index contributed by atoms with van der Waals surface area (Å²) in [6, 6.07) is 15.2. The maximum absolute atomic E-state index is 14.7. The number of benzene rings is 2. The molecule has 2 N–H and O–H groups in total. The standard InChI is InChI=1S/C23H28FN3O3S/c1-4-15-25-31(29,26-16-5-2)18-23(3,20-13-9-10-14-21(20)24)27-22(28)30-17-19-11-7-6-8-12-19/h4-14H,1-2,15-18H2,3H3,(H,27,28)(H,25,26,29). The number of rotatable bonds is 11. The van der Waals surface area contributed by atoms with Gasteiger partial charge in [0.15, 0.2) is 0 Å². The van der Waals surface area contributed by atoms with Gasteiger partial charge in [-0.05, 0) is 18.6 Å². The number of nitrogens with zero attached hydrogens (tertiary/aromatic N) is 1. The number of carbonyl (C=O) groups excluding carboxylic acids is 1. The van der Waals surface area contributed by atoms with Gasteiger partial charge < -0.3 is 10.1 Å². The van der Waals surface area contributed by atoms with E-state index in [4.69, 9.17) is 4.74 Å². The highest BCUT2D eigenvalue weighted by atomic mass is 32.2. The zero-order chi connectivity index (χ0) is 22.7. The summed E-state index contributed by atoms with van der Waals surface area (Å²) in [6.07, 6.45) is 2.30. The Morgan fingerprint density at radius 1 is 1.16 bits per heavy atom. The molecule has 166 valence electrons. The van der Waals surface area contributed by atoms with Gasteiger partial charge in [0, 0.05) is 12.1 Å². The van der Waals surface area contributed by atoms with Crippen LogP contribution >= 0.6 is 0 Å². The maximum Gasteiger partial charge on any atom is 0.408 e. The third kappa shape index (κ3) is 7.34. The molecule has 0 heterocycles. The number of hydrogen-bond donors (Lipinski definition) is 2. The van der Waals surface area contributed by atoms with Crippen LogP contribution in [0, 0.1) is 5.82 Å².